The Balaban J connectivity index is 1.51. The van der Waals surface area contributed by atoms with E-state index in [2.05, 4.69) is 15.6 Å². The van der Waals surface area contributed by atoms with E-state index in [1.807, 2.05) is 61.5 Å². The third kappa shape index (κ3) is 5.90. The molecule has 0 saturated carbocycles. The van der Waals surface area contributed by atoms with Gasteiger partial charge in [0.2, 0.25) is 5.91 Å². The van der Waals surface area contributed by atoms with Crippen LogP contribution in [0.15, 0.2) is 54.6 Å². The molecule has 2 aromatic carbocycles. The molecule has 30 heavy (non-hydrogen) atoms. The summed E-state index contributed by atoms with van der Waals surface area (Å²) in [6.07, 6.45) is 0.750. The number of carbonyl (C=O) groups is 2. The van der Waals surface area contributed by atoms with Gasteiger partial charge in [-0.3, -0.25) is 9.59 Å². The molecule has 0 aliphatic heterocycles. The summed E-state index contributed by atoms with van der Waals surface area (Å²) in [6, 6.07) is 17.5. The number of aromatic nitrogens is 1. The van der Waals surface area contributed by atoms with Crippen molar-refractivity contribution in [2.45, 2.75) is 20.3 Å². The number of rotatable bonds is 9. The lowest BCUT2D eigenvalue weighted by Crippen LogP contribution is -2.37. The Morgan fingerprint density at radius 3 is 2.47 bits per heavy atom. The van der Waals surface area contributed by atoms with E-state index in [0.29, 0.717) is 23.7 Å². The van der Waals surface area contributed by atoms with Crippen LogP contribution >= 0.6 is 11.3 Å². The van der Waals surface area contributed by atoms with Gasteiger partial charge < -0.3 is 15.4 Å². The van der Waals surface area contributed by atoms with Gasteiger partial charge in [-0.05, 0) is 50.1 Å². The first-order chi connectivity index (χ1) is 14.6. The standard InChI is InChI=1S/C23H25N3O3S/c1-3-29-19-11-9-18(10-12-19)23-26-16(2)21(30-23)22(28)25-15-20(27)24-14-13-17-7-5-4-6-8-17/h4-12H,3,13-15H2,1-2H3,(H,24,27)(H,25,28). The van der Waals surface area contributed by atoms with E-state index < -0.39 is 0 Å². The third-order valence-corrected chi connectivity index (χ3v) is 5.61. The van der Waals surface area contributed by atoms with E-state index >= 15 is 0 Å². The number of nitrogens with zero attached hydrogens (tertiary/aromatic N) is 1. The zero-order valence-electron chi connectivity index (χ0n) is 17.1. The van der Waals surface area contributed by atoms with Gasteiger partial charge in [0.1, 0.15) is 15.6 Å². The summed E-state index contributed by atoms with van der Waals surface area (Å²) in [7, 11) is 0. The van der Waals surface area contributed by atoms with E-state index in [9.17, 15) is 9.59 Å². The van der Waals surface area contributed by atoms with Gasteiger partial charge in [-0.15, -0.1) is 11.3 Å². The molecule has 3 rings (SSSR count). The Morgan fingerprint density at radius 1 is 1.03 bits per heavy atom. The molecule has 0 atom stereocenters. The summed E-state index contributed by atoms with van der Waals surface area (Å²) in [5.41, 5.74) is 2.72. The summed E-state index contributed by atoms with van der Waals surface area (Å²) in [5.74, 6) is 0.291. The third-order valence-electron chi connectivity index (χ3n) is 4.40. The van der Waals surface area contributed by atoms with Gasteiger partial charge in [0, 0.05) is 12.1 Å². The molecule has 0 saturated heterocycles. The van der Waals surface area contributed by atoms with Crippen molar-refractivity contribution >= 4 is 23.2 Å². The number of thiazole rings is 1. The molecule has 7 heteroatoms. The second-order valence-electron chi connectivity index (χ2n) is 6.66. The predicted octanol–water partition coefficient (Wildman–Crippen LogP) is 3.61. The van der Waals surface area contributed by atoms with Crippen LogP contribution in [0.5, 0.6) is 5.75 Å². The Bertz CT molecular complexity index is 985. The number of hydrogen-bond donors (Lipinski definition) is 2. The highest BCUT2D eigenvalue weighted by Gasteiger charge is 2.17. The maximum Gasteiger partial charge on any atom is 0.263 e. The van der Waals surface area contributed by atoms with Crippen LogP contribution < -0.4 is 15.4 Å². The number of ether oxygens (including phenoxy) is 1. The summed E-state index contributed by atoms with van der Waals surface area (Å²) in [6.45, 7) is 4.80. The summed E-state index contributed by atoms with van der Waals surface area (Å²) in [5, 5.41) is 6.26. The van der Waals surface area contributed by atoms with Gasteiger partial charge in [0.15, 0.2) is 0 Å². The zero-order chi connectivity index (χ0) is 21.3. The summed E-state index contributed by atoms with van der Waals surface area (Å²) in [4.78, 5) is 29.5. The van der Waals surface area contributed by atoms with Gasteiger partial charge in [0.05, 0.1) is 18.8 Å². The van der Waals surface area contributed by atoms with Crippen LogP contribution in [0.3, 0.4) is 0 Å². The molecule has 0 radical (unpaired) electrons. The SMILES string of the molecule is CCOc1ccc(-c2nc(C)c(C(=O)NCC(=O)NCCc3ccccc3)s2)cc1. The molecule has 1 heterocycles. The van der Waals surface area contributed by atoms with Crippen molar-refractivity contribution in [1.29, 1.82) is 0 Å². The van der Waals surface area contributed by atoms with Crippen molar-refractivity contribution in [1.82, 2.24) is 15.6 Å². The van der Waals surface area contributed by atoms with E-state index in [-0.39, 0.29) is 18.4 Å². The molecule has 6 nitrogen and oxygen atoms in total. The van der Waals surface area contributed by atoms with Gasteiger partial charge in [-0.25, -0.2) is 4.98 Å². The van der Waals surface area contributed by atoms with Crippen molar-refractivity contribution in [3.8, 4) is 16.3 Å². The van der Waals surface area contributed by atoms with Crippen LogP contribution in [-0.4, -0.2) is 36.5 Å². The average molecular weight is 424 g/mol. The first-order valence-electron chi connectivity index (χ1n) is 9.86. The molecule has 156 valence electrons. The van der Waals surface area contributed by atoms with Gasteiger partial charge in [0.25, 0.3) is 5.91 Å². The molecule has 0 aliphatic carbocycles. The van der Waals surface area contributed by atoms with Gasteiger partial charge in [-0.1, -0.05) is 30.3 Å². The molecule has 0 spiro atoms. The predicted molar refractivity (Wildman–Crippen MR) is 119 cm³/mol. The second-order valence-corrected chi connectivity index (χ2v) is 7.66. The Kier molecular flexibility index (Phi) is 7.57. The molecular weight excluding hydrogens is 398 g/mol. The van der Waals surface area contributed by atoms with Crippen LogP contribution in [0.2, 0.25) is 0 Å². The topological polar surface area (TPSA) is 80.3 Å². The van der Waals surface area contributed by atoms with Crippen LogP contribution in [0.4, 0.5) is 0 Å². The second kappa shape index (κ2) is 10.5. The number of amides is 2. The summed E-state index contributed by atoms with van der Waals surface area (Å²) < 4.78 is 5.45. The maximum absolute atomic E-state index is 12.5. The van der Waals surface area contributed by atoms with E-state index in [0.717, 1.165) is 28.3 Å². The van der Waals surface area contributed by atoms with Crippen LogP contribution in [-0.2, 0) is 11.2 Å². The summed E-state index contributed by atoms with van der Waals surface area (Å²) >= 11 is 1.31. The van der Waals surface area contributed by atoms with Crippen molar-refractivity contribution in [3.05, 3.63) is 70.7 Å². The minimum Gasteiger partial charge on any atom is -0.494 e. The zero-order valence-corrected chi connectivity index (χ0v) is 17.9. The number of aryl methyl sites for hydroxylation is 1. The first-order valence-corrected chi connectivity index (χ1v) is 10.7. The Hall–Kier alpha value is -3.19. The number of hydrogen-bond acceptors (Lipinski definition) is 5. The largest absolute Gasteiger partial charge is 0.494 e. The molecule has 0 fully saturated rings. The maximum atomic E-state index is 12.5. The highest BCUT2D eigenvalue weighted by Crippen LogP contribution is 2.29. The van der Waals surface area contributed by atoms with Gasteiger partial charge in [-0.2, -0.15) is 0 Å². The van der Waals surface area contributed by atoms with Crippen LogP contribution in [0.25, 0.3) is 10.6 Å². The molecule has 0 bridgehead atoms. The molecule has 2 amide bonds. The molecule has 3 aromatic rings. The average Bonchev–Trinajstić information content (AvgIpc) is 3.15. The van der Waals surface area contributed by atoms with E-state index in [1.165, 1.54) is 11.3 Å². The highest BCUT2D eigenvalue weighted by molar-refractivity contribution is 7.17. The van der Waals surface area contributed by atoms with Crippen LogP contribution in [0, 0.1) is 6.92 Å². The molecule has 0 unspecified atom stereocenters. The van der Waals surface area contributed by atoms with Gasteiger partial charge >= 0.3 is 0 Å². The molecular formula is C23H25N3O3S. The fourth-order valence-corrected chi connectivity index (χ4v) is 3.87. The normalized spacial score (nSPS) is 10.5. The number of carbonyl (C=O) groups excluding carboxylic acids is 2. The fourth-order valence-electron chi connectivity index (χ4n) is 2.89. The van der Waals surface area contributed by atoms with E-state index in [4.69, 9.17) is 4.74 Å². The number of nitrogens with one attached hydrogen (secondary N) is 2. The van der Waals surface area contributed by atoms with Crippen LogP contribution in [0.1, 0.15) is 27.9 Å². The van der Waals surface area contributed by atoms with E-state index in [1.54, 1.807) is 6.92 Å². The number of benzene rings is 2. The first kappa shape index (κ1) is 21.5. The minimum absolute atomic E-state index is 0.0661. The van der Waals surface area contributed by atoms with Crippen molar-refractivity contribution in [2.75, 3.05) is 19.7 Å². The minimum atomic E-state index is -0.291. The highest BCUT2D eigenvalue weighted by atomic mass is 32.1. The lowest BCUT2D eigenvalue weighted by atomic mass is 10.1. The fraction of sp³-hybridized carbons (Fsp3) is 0.261. The van der Waals surface area contributed by atoms with Crippen molar-refractivity contribution in [2.24, 2.45) is 0 Å². The molecule has 0 aliphatic rings. The monoisotopic (exact) mass is 423 g/mol. The quantitative estimate of drug-likeness (QED) is 0.551. The van der Waals surface area contributed by atoms with Crippen molar-refractivity contribution < 1.29 is 14.3 Å². The molecule has 2 N–H and O–H groups in total. The lowest BCUT2D eigenvalue weighted by molar-refractivity contribution is -0.120. The Morgan fingerprint density at radius 2 is 1.77 bits per heavy atom. The smallest absolute Gasteiger partial charge is 0.263 e. The Labute approximate surface area is 180 Å². The lowest BCUT2D eigenvalue weighted by Gasteiger charge is -2.06. The van der Waals surface area contributed by atoms with Crippen molar-refractivity contribution in [3.63, 3.8) is 0 Å². The molecule has 1 aromatic heterocycles.